The quantitative estimate of drug-likeness (QED) is 0.881. The summed E-state index contributed by atoms with van der Waals surface area (Å²) in [7, 11) is 0. The van der Waals surface area contributed by atoms with Crippen LogP contribution in [0.5, 0.6) is 0 Å². The van der Waals surface area contributed by atoms with Crippen molar-refractivity contribution < 1.29 is 0 Å². The molecule has 0 atom stereocenters. The molecule has 6 heteroatoms. The van der Waals surface area contributed by atoms with Gasteiger partial charge >= 0.3 is 5.69 Å². The van der Waals surface area contributed by atoms with E-state index in [4.69, 9.17) is 11.6 Å². The van der Waals surface area contributed by atoms with Gasteiger partial charge in [-0.3, -0.25) is 14.3 Å². The fourth-order valence-corrected chi connectivity index (χ4v) is 3.44. The van der Waals surface area contributed by atoms with Gasteiger partial charge in [0.15, 0.2) is 0 Å². The van der Waals surface area contributed by atoms with Crippen LogP contribution in [-0.2, 0) is 6.54 Å². The van der Waals surface area contributed by atoms with Crippen LogP contribution in [0.3, 0.4) is 0 Å². The van der Waals surface area contributed by atoms with Gasteiger partial charge in [0.1, 0.15) is 5.15 Å². The van der Waals surface area contributed by atoms with Crippen molar-refractivity contribution >= 4 is 23.4 Å². The van der Waals surface area contributed by atoms with Gasteiger partial charge in [0.25, 0.3) is 5.56 Å². The van der Waals surface area contributed by atoms with Crippen molar-refractivity contribution in [2.24, 2.45) is 0 Å². The highest BCUT2D eigenvalue weighted by Crippen LogP contribution is 2.48. The van der Waals surface area contributed by atoms with Crippen molar-refractivity contribution in [2.45, 2.75) is 24.1 Å². The Morgan fingerprint density at radius 3 is 2.52 bits per heavy atom. The molecule has 3 rings (SSSR count). The van der Waals surface area contributed by atoms with E-state index in [0.29, 0.717) is 17.7 Å². The molecule has 0 bridgehead atoms. The van der Waals surface area contributed by atoms with Gasteiger partial charge in [-0.25, -0.2) is 4.79 Å². The fraction of sp³-hybridized carbons (Fsp3) is 0.333. The Bertz CT molecular complexity index is 778. The molecule has 21 heavy (non-hydrogen) atoms. The molecule has 1 aliphatic rings. The second-order valence-corrected chi connectivity index (χ2v) is 6.92. The van der Waals surface area contributed by atoms with Gasteiger partial charge in [0, 0.05) is 11.3 Å². The van der Waals surface area contributed by atoms with Gasteiger partial charge in [-0.15, -0.1) is 0 Å². The van der Waals surface area contributed by atoms with Gasteiger partial charge < -0.3 is 0 Å². The molecule has 1 saturated carbocycles. The Kier molecular flexibility index (Phi) is 3.71. The second kappa shape index (κ2) is 5.39. The minimum absolute atomic E-state index is 0.0264. The molecule has 110 valence electrons. The van der Waals surface area contributed by atoms with Crippen molar-refractivity contribution in [2.75, 3.05) is 6.26 Å². The maximum Gasteiger partial charge on any atom is 0.329 e. The normalized spacial score (nSPS) is 15.9. The maximum atomic E-state index is 12.7. The zero-order valence-corrected chi connectivity index (χ0v) is 13.1. The van der Waals surface area contributed by atoms with Crippen LogP contribution < -0.4 is 11.2 Å². The lowest BCUT2D eigenvalue weighted by atomic mass is 10.1. The van der Waals surface area contributed by atoms with E-state index in [2.05, 4.69) is 4.98 Å². The minimum Gasteiger partial charge on any atom is -0.297 e. The molecular formula is C15H15ClN2O2S. The first kappa shape index (κ1) is 14.5. The maximum absolute atomic E-state index is 12.7. The minimum atomic E-state index is -0.440. The number of H-pyrrole nitrogens is 1. The first-order chi connectivity index (χ1) is 10.1. The van der Waals surface area contributed by atoms with Gasteiger partial charge in [-0.1, -0.05) is 41.9 Å². The van der Waals surface area contributed by atoms with E-state index >= 15 is 0 Å². The molecule has 0 radical (unpaired) electrons. The molecule has 0 amide bonds. The van der Waals surface area contributed by atoms with Gasteiger partial charge in [0.2, 0.25) is 0 Å². The molecule has 1 fully saturated rings. The van der Waals surface area contributed by atoms with E-state index in [1.165, 1.54) is 4.57 Å². The number of thioether (sulfide) groups is 1. The third kappa shape index (κ3) is 2.68. The number of nitrogens with zero attached hydrogens (tertiary/aromatic N) is 1. The third-order valence-corrected chi connectivity index (χ3v) is 5.58. The van der Waals surface area contributed by atoms with Gasteiger partial charge in [-0.2, -0.15) is 11.8 Å². The Hall–Kier alpha value is -1.46. The van der Waals surface area contributed by atoms with Crippen molar-refractivity contribution in [3.05, 3.63) is 56.3 Å². The largest absolute Gasteiger partial charge is 0.329 e. The van der Waals surface area contributed by atoms with Crippen molar-refractivity contribution in [1.29, 1.82) is 0 Å². The number of halogens is 1. The molecular weight excluding hydrogens is 308 g/mol. The van der Waals surface area contributed by atoms with Crippen molar-refractivity contribution in [3.8, 4) is 11.1 Å². The van der Waals surface area contributed by atoms with E-state index in [9.17, 15) is 9.59 Å². The number of nitrogens with one attached hydrogen (secondary N) is 1. The number of benzene rings is 1. The highest BCUT2D eigenvalue weighted by Gasteiger charge is 2.43. The number of hydrogen-bond donors (Lipinski definition) is 1. The van der Waals surface area contributed by atoms with E-state index in [1.807, 2.05) is 36.6 Å². The fourth-order valence-electron chi connectivity index (χ4n) is 2.40. The summed E-state index contributed by atoms with van der Waals surface area (Å²) in [6.45, 7) is 0.430. The molecule has 4 nitrogen and oxygen atoms in total. The SMILES string of the molecule is CSC1(Cn2c(=O)[nH]c(Cl)c(-c3ccccc3)c2=O)CC1. The monoisotopic (exact) mass is 322 g/mol. The molecule has 1 N–H and O–H groups in total. The molecule has 2 aromatic rings. The van der Waals surface area contributed by atoms with Gasteiger partial charge in [0.05, 0.1) is 5.56 Å². The van der Waals surface area contributed by atoms with E-state index < -0.39 is 5.69 Å². The zero-order valence-electron chi connectivity index (χ0n) is 11.6. The van der Waals surface area contributed by atoms with Crippen molar-refractivity contribution in [1.82, 2.24) is 9.55 Å². The number of rotatable bonds is 4. The Labute approximate surface area is 131 Å². The molecule has 1 aromatic carbocycles. The first-order valence-corrected chi connectivity index (χ1v) is 8.30. The predicted molar refractivity (Wildman–Crippen MR) is 87.2 cm³/mol. The highest BCUT2D eigenvalue weighted by atomic mass is 35.5. The molecule has 0 spiro atoms. The summed E-state index contributed by atoms with van der Waals surface area (Å²) in [5.41, 5.74) is 0.306. The molecule has 0 unspecified atom stereocenters. The zero-order chi connectivity index (χ0) is 15.0. The Balaban J connectivity index is 2.14. The lowest BCUT2D eigenvalue weighted by Gasteiger charge is -2.14. The van der Waals surface area contributed by atoms with Crippen LogP contribution in [0.15, 0.2) is 39.9 Å². The lowest BCUT2D eigenvalue weighted by molar-refractivity contribution is 0.603. The smallest absolute Gasteiger partial charge is 0.297 e. The average molecular weight is 323 g/mol. The number of hydrogen-bond acceptors (Lipinski definition) is 3. The standard InChI is InChI=1S/C15H15ClN2O2S/c1-21-15(7-8-15)9-18-13(19)11(12(16)17-14(18)20)10-5-3-2-4-6-10/h2-6H,7-9H2,1H3,(H,17,20). The highest BCUT2D eigenvalue weighted by molar-refractivity contribution is 8.00. The molecule has 1 heterocycles. The average Bonchev–Trinajstić information content (AvgIpc) is 3.25. The molecule has 1 aliphatic carbocycles. The third-order valence-electron chi connectivity index (χ3n) is 3.89. The summed E-state index contributed by atoms with van der Waals surface area (Å²) in [6, 6.07) is 9.17. The Morgan fingerprint density at radius 2 is 1.95 bits per heavy atom. The molecule has 0 aliphatic heterocycles. The topological polar surface area (TPSA) is 54.9 Å². The van der Waals surface area contributed by atoms with Crippen LogP contribution in [-0.4, -0.2) is 20.6 Å². The molecule has 1 aromatic heterocycles. The summed E-state index contributed by atoms with van der Waals surface area (Å²) < 4.78 is 1.30. The van der Waals surface area contributed by atoms with Gasteiger partial charge in [-0.05, 0) is 24.7 Å². The summed E-state index contributed by atoms with van der Waals surface area (Å²) in [5.74, 6) is 0. The summed E-state index contributed by atoms with van der Waals surface area (Å²) >= 11 is 7.80. The van der Waals surface area contributed by atoms with Crippen molar-refractivity contribution in [3.63, 3.8) is 0 Å². The summed E-state index contributed by atoms with van der Waals surface area (Å²) in [6.07, 6.45) is 4.08. The van der Waals surface area contributed by atoms with Crippen LogP contribution >= 0.6 is 23.4 Å². The second-order valence-electron chi connectivity index (χ2n) is 5.26. The first-order valence-electron chi connectivity index (χ1n) is 6.69. The summed E-state index contributed by atoms with van der Waals surface area (Å²) in [4.78, 5) is 27.3. The Morgan fingerprint density at radius 1 is 1.29 bits per heavy atom. The van der Waals surface area contributed by atoms with Crippen LogP contribution in [0.4, 0.5) is 0 Å². The van der Waals surface area contributed by atoms with E-state index in [-0.39, 0.29) is 15.5 Å². The summed E-state index contributed by atoms with van der Waals surface area (Å²) in [5, 5.41) is 0.0986. The number of aromatic amines is 1. The van der Waals surface area contributed by atoms with E-state index in [0.717, 1.165) is 12.8 Å². The molecule has 0 saturated heterocycles. The number of aromatic nitrogens is 2. The van der Waals surface area contributed by atoms with Crippen LogP contribution in [0.2, 0.25) is 5.15 Å². The van der Waals surface area contributed by atoms with Crippen LogP contribution in [0, 0.1) is 0 Å². The predicted octanol–water partition coefficient (Wildman–Crippen LogP) is 2.75. The lowest BCUT2D eigenvalue weighted by Crippen LogP contribution is -2.39. The van der Waals surface area contributed by atoms with Crippen LogP contribution in [0.1, 0.15) is 12.8 Å². The van der Waals surface area contributed by atoms with E-state index in [1.54, 1.807) is 11.8 Å². The van der Waals surface area contributed by atoms with Crippen LogP contribution in [0.25, 0.3) is 11.1 Å².